The summed E-state index contributed by atoms with van der Waals surface area (Å²) in [4.78, 5) is 0. The fraction of sp³-hybridized carbons (Fsp3) is 0. The number of rotatable bonds is 2. The summed E-state index contributed by atoms with van der Waals surface area (Å²) in [6.07, 6.45) is 0. The topological polar surface area (TPSA) is 43.8 Å². The highest BCUT2D eigenvalue weighted by Crippen LogP contribution is 2.26. The summed E-state index contributed by atoms with van der Waals surface area (Å²) in [6.45, 7) is 0. The van der Waals surface area contributed by atoms with Crippen LogP contribution in [0.5, 0.6) is 0 Å². The Balaban J connectivity index is 2.12. The number of nitrogens with two attached hydrogens (primary N) is 1. The molecule has 0 amide bonds. The van der Waals surface area contributed by atoms with Crippen molar-refractivity contribution >= 4 is 5.82 Å². The smallest absolute Gasteiger partial charge is 0.151 e. The minimum absolute atomic E-state index is 0.00325. The van der Waals surface area contributed by atoms with Crippen LogP contribution in [0.25, 0.3) is 16.9 Å². The van der Waals surface area contributed by atoms with Gasteiger partial charge in [-0.15, -0.1) is 0 Å². The average molecular weight is 289 g/mol. The standard InChI is InChI=1S/C15H10F3N3/c16-9-5-6-14(12(18)7-9)21-15(19)8-13(20-21)10-3-1-2-4-11(10)17/h1-8H,19H2. The van der Waals surface area contributed by atoms with Crippen molar-refractivity contribution in [3.8, 4) is 16.9 Å². The number of aromatic nitrogens is 2. The molecule has 0 aliphatic rings. The van der Waals surface area contributed by atoms with Crippen molar-refractivity contribution in [1.29, 1.82) is 0 Å². The average Bonchev–Trinajstić information content (AvgIpc) is 2.81. The monoisotopic (exact) mass is 289 g/mol. The number of nitrogen functional groups attached to an aromatic ring is 1. The Morgan fingerprint density at radius 2 is 1.67 bits per heavy atom. The predicted molar refractivity (Wildman–Crippen MR) is 73.3 cm³/mol. The maximum absolute atomic E-state index is 13.8. The van der Waals surface area contributed by atoms with Crippen LogP contribution in [0, 0.1) is 17.5 Å². The Morgan fingerprint density at radius 1 is 0.905 bits per heavy atom. The molecule has 2 N–H and O–H groups in total. The Kier molecular flexibility index (Phi) is 3.13. The molecule has 0 atom stereocenters. The van der Waals surface area contributed by atoms with Gasteiger partial charge in [-0.1, -0.05) is 12.1 Å². The molecule has 0 spiro atoms. The summed E-state index contributed by atoms with van der Waals surface area (Å²) in [6, 6.07) is 10.5. The molecule has 106 valence electrons. The quantitative estimate of drug-likeness (QED) is 0.784. The normalized spacial score (nSPS) is 10.8. The van der Waals surface area contributed by atoms with Crippen molar-refractivity contribution in [2.45, 2.75) is 0 Å². The van der Waals surface area contributed by atoms with Gasteiger partial charge in [-0.05, 0) is 24.3 Å². The number of benzene rings is 2. The van der Waals surface area contributed by atoms with Crippen LogP contribution in [0.3, 0.4) is 0 Å². The molecule has 3 nitrogen and oxygen atoms in total. The first-order valence-corrected chi connectivity index (χ1v) is 6.12. The first-order valence-electron chi connectivity index (χ1n) is 6.12. The van der Waals surface area contributed by atoms with E-state index in [1.54, 1.807) is 18.2 Å². The summed E-state index contributed by atoms with van der Waals surface area (Å²) >= 11 is 0. The first-order chi connectivity index (χ1) is 10.1. The van der Waals surface area contributed by atoms with Gasteiger partial charge in [0.15, 0.2) is 5.82 Å². The molecule has 0 saturated carbocycles. The number of anilines is 1. The van der Waals surface area contributed by atoms with Crippen LogP contribution < -0.4 is 5.73 Å². The largest absolute Gasteiger partial charge is 0.384 e. The molecule has 3 rings (SSSR count). The van der Waals surface area contributed by atoms with Gasteiger partial charge in [0, 0.05) is 17.7 Å². The lowest BCUT2D eigenvalue weighted by Crippen LogP contribution is -2.04. The van der Waals surface area contributed by atoms with E-state index >= 15 is 0 Å². The fourth-order valence-corrected chi connectivity index (χ4v) is 2.04. The van der Waals surface area contributed by atoms with Crippen molar-refractivity contribution in [3.05, 3.63) is 66.0 Å². The van der Waals surface area contributed by atoms with E-state index < -0.39 is 17.5 Å². The Morgan fingerprint density at radius 3 is 2.38 bits per heavy atom. The molecule has 3 aromatic rings. The molecule has 0 radical (unpaired) electrons. The Hall–Kier alpha value is -2.76. The van der Waals surface area contributed by atoms with Crippen molar-refractivity contribution in [2.75, 3.05) is 5.73 Å². The van der Waals surface area contributed by atoms with Crippen LogP contribution in [0.4, 0.5) is 19.0 Å². The summed E-state index contributed by atoms with van der Waals surface area (Å²) < 4.78 is 41.6. The van der Waals surface area contributed by atoms with Crippen molar-refractivity contribution in [1.82, 2.24) is 9.78 Å². The summed E-state index contributed by atoms with van der Waals surface area (Å²) in [5.41, 5.74) is 6.31. The van der Waals surface area contributed by atoms with Gasteiger partial charge in [0.05, 0.1) is 5.69 Å². The lowest BCUT2D eigenvalue weighted by Gasteiger charge is -2.05. The van der Waals surface area contributed by atoms with Crippen molar-refractivity contribution in [2.24, 2.45) is 0 Å². The maximum atomic E-state index is 13.8. The van der Waals surface area contributed by atoms with Crippen LogP contribution in [0.1, 0.15) is 0 Å². The third-order valence-corrected chi connectivity index (χ3v) is 3.02. The van der Waals surface area contributed by atoms with Crippen LogP contribution in [0.15, 0.2) is 48.5 Å². The second-order valence-electron chi connectivity index (χ2n) is 4.44. The minimum atomic E-state index is -0.801. The third-order valence-electron chi connectivity index (χ3n) is 3.02. The van der Waals surface area contributed by atoms with E-state index in [1.165, 1.54) is 18.2 Å². The number of nitrogens with zero attached hydrogens (tertiary/aromatic N) is 2. The lowest BCUT2D eigenvalue weighted by molar-refractivity contribution is 0.574. The highest BCUT2D eigenvalue weighted by atomic mass is 19.1. The van der Waals surface area contributed by atoms with Crippen molar-refractivity contribution in [3.63, 3.8) is 0 Å². The molecule has 0 saturated heterocycles. The molecule has 0 aliphatic carbocycles. The van der Waals surface area contributed by atoms with E-state index in [-0.39, 0.29) is 22.8 Å². The van der Waals surface area contributed by atoms with Gasteiger partial charge in [-0.2, -0.15) is 5.10 Å². The van der Waals surface area contributed by atoms with Gasteiger partial charge in [0.25, 0.3) is 0 Å². The highest BCUT2D eigenvalue weighted by molar-refractivity contribution is 5.64. The van der Waals surface area contributed by atoms with E-state index in [2.05, 4.69) is 5.10 Å². The van der Waals surface area contributed by atoms with Gasteiger partial charge < -0.3 is 5.73 Å². The Labute approximate surface area is 118 Å². The number of hydrogen-bond donors (Lipinski definition) is 1. The fourth-order valence-electron chi connectivity index (χ4n) is 2.04. The summed E-state index contributed by atoms with van der Waals surface area (Å²) in [5.74, 6) is -1.83. The SMILES string of the molecule is Nc1cc(-c2ccccc2F)nn1-c1ccc(F)cc1F. The summed E-state index contributed by atoms with van der Waals surface area (Å²) in [5, 5.41) is 4.09. The van der Waals surface area contributed by atoms with Gasteiger partial charge in [-0.3, -0.25) is 0 Å². The molecule has 1 aromatic heterocycles. The highest BCUT2D eigenvalue weighted by Gasteiger charge is 2.14. The zero-order valence-electron chi connectivity index (χ0n) is 10.7. The van der Waals surface area contributed by atoms with Gasteiger partial charge >= 0.3 is 0 Å². The zero-order chi connectivity index (χ0) is 15.0. The van der Waals surface area contributed by atoms with Crippen LogP contribution >= 0.6 is 0 Å². The molecule has 0 aliphatic heterocycles. The minimum Gasteiger partial charge on any atom is -0.384 e. The second-order valence-corrected chi connectivity index (χ2v) is 4.44. The zero-order valence-corrected chi connectivity index (χ0v) is 10.7. The van der Waals surface area contributed by atoms with Gasteiger partial charge in [0.2, 0.25) is 0 Å². The van der Waals surface area contributed by atoms with E-state index in [4.69, 9.17) is 5.73 Å². The second kappa shape index (κ2) is 4.97. The molecule has 21 heavy (non-hydrogen) atoms. The molecule has 1 heterocycles. The summed E-state index contributed by atoms with van der Waals surface area (Å²) in [7, 11) is 0. The molecule has 0 fully saturated rings. The molecular formula is C15H10F3N3. The van der Waals surface area contributed by atoms with Crippen molar-refractivity contribution < 1.29 is 13.2 Å². The number of halogens is 3. The van der Waals surface area contributed by atoms with E-state index in [9.17, 15) is 13.2 Å². The predicted octanol–water partition coefficient (Wildman–Crippen LogP) is 3.54. The van der Waals surface area contributed by atoms with Gasteiger partial charge in [0.1, 0.15) is 23.1 Å². The number of hydrogen-bond acceptors (Lipinski definition) is 2. The van der Waals surface area contributed by atoms with E-state index in [0.717, 1.165) is 16.8 Å². The van der Waals surface area contributed by atoms with E-state index in [1.807, 2.05) is 0 Å². The van der Waals surface area contributed by atoms with Crippen LogP contribution in [0.2, 0.25) is 0 Å². The first kappa shape index (κ1) is 13.2. The lowest BCUT2D eigenvalue weighted by atomic mass is 10.1. The Bertz CT molecular complexity index is 812. The van der Waals surface area contributed by atoms with Crippen LogP contribution in [-0.4, -0.2) is 9.78 Å². The van der Waals surface area contributed by atoms with Crippen LogP contribution in [-0.2, 0) is 0 Å². The van der Waals surface area contributed by atoms with E-state index in [0.29, 0.717) is 0 Å². The molecule has 0 bridgehead atoms. The van der Waals surface area contributed by atoms with Gasteiger partial charge in [-0.25, -0.2) is 17.9 Å². The molecule has 2 aromatic carbocycles. The molecule has 0 unspecified atom stereocenters. The third kappa shape index (κ3) is 2.35. The molecular weight excluding hydrogens is 279 g/mol. The maximum Gasteiger partial charge on any atom is 0.151 e. The molecule has 6 heteroatoms.